The van der Waals surface area contributed by atoms with Crippen LogP contribution in [-0.4, -0.2) is 13.2 Å². The zero-order valence-corrected chi connectivity index (χ0v) is 12.9. The van der Waals surface area contributed by atoms with Gasteiger partial charge >= 0.3 is 0 Å². The smallest absolute Gasteiger partial charge is 0.126 e. The highest BCUT2D eigenvalue weighted by Crippen LogP contribution is 2.28. The number of rotatable bonds is 6. The predicted octanol–water partition coefficient (Wildman–Crippen LogP) is 4.37. The number of methoxy groups -OCH3 is 1. The average Bonchev–Trinajstić information content (AvgIpc) is 2.44. The van der Waals surface area contributed by atoms with E-state index in [0.29, 0.717) is 6.04 Å². The number of hydrogen-bond donors (Lipinski definition) is 1. The lowest BCUT2D eigenvalue weighted by molar-refractivity contribution is 0.419. The molecule has 1 unspecified atom stereocenters. The Labute approximate surface area is 122 Å². The van der Waals surface area contributed by atoms with E-state index in [4.69, 9.17) is 4.74 Å². The Kier molecular flexibility index (Phi) is 5.02. The van der Waals surface area contributed by atoms with Crippen molar-refractivity contribution in [2.45, 2.75) is 39.8 Å². The Morgan fingerprint density at radius 2 is 1.70 bits per heavy atom. The lowest BCUT2D eigenvalue weighted by Crippen LogP contribution is -2.26. The van der Waals surface area contributed by atoms with Crippen LogP contribution in [0.5, 0.6) is 5.75 Å². The van der Waals surface area contributed by atoms with Crippen molar-refractivity contribution < 1.29 is 4.74 Å². The molecule has 2 heteroatoms. The van der Waals surface area contributed by atoms with Crippen molar-refractivity contribution in [2.24, 2.45) is 5.92 Å². The van der Waals surface area contributed by atoms with Gasteiger partial charge in [0.05, 0.1) is 7.11 Å². The predicted molar refractivity (Wildman–Crippen MR) is 86.3 cm³/mol. The van der Waals surface area contributed by atoms with Crippen LogP contribution in [0.25, 0.3) is 10.8 Å². The van der Waals surface area contributed by atoms with Gasteiger partial charge in [0.1, 0.15) is 5.75 Å². The lowest BCUT2D eigenvalue weighted by Gasteiger charge is -2.17. The van der Waals surface area contributed by atoms with Crippen LogP contribution in [-0.2, 0) is 6.54 Å². The van der Waals surface area contributed by atoms with Crippen molar-refractivity contribution in [1.82, 2.24) is 5.32 Å². The van der Waals surface area contributed by atoms with Gasteiger partial charge in [-0.1, -0.05) is 44.2 Å². The largest absolute Gasteiger partial charge is 0.496 e. The molecule has 0 aliphatic heterocycles. The molecule has 0 aromatic heterocycles. The molecule has 2 aromatic carbocycles. The molecule has 20 heavy (non-hydrogen) atoms. The van der Waals surface area contributed by atoms with E-state index in [1.54, 1.807) is 7.11 Å². The van der Waals surface area contributed by atoms with Gasteiger partial charge in [-0.2, -0.15) is 0 Å². The van der Waals surface area contributed by atoms with Crippen LogP contribution < -0.4 is 10.1 Å². The Morgan fingerprint density at radius 3 is 2.35 bits per heavy atom. The highest BCUT2D eigenvalue weighted by Gasteiger charge is 2.08. The quantitative estimate of drug-likeness (QED) is 0.842. The first-order chi connectivity index (χ1) is 9.61. The minimum atomic E-state index is 0.538. The first-order valence-electron chi connectivity index (χ1n) is 7.39. The van der Waals surface area contributed by atoms with Crippen molar-refractivity contribution in [3.63, 3.8) is 0 Å². The second kappa shape index (κ2) is 6.76. The highest BCUT2D eigenvalue weighted by molar-refractivity contribution is 5.91. The number of hydrogen-bond acceptors (Lipinski definition) is 2. The number of ether oxygens (including phenoxy) is 1. The standard InChI is InChI=1S/C18H25NO/c1-13(2)11-14(3)19-12-15-9-10-18(20-4)17-8-6-5-7-16(15)17/h5-10,13-14,19H,11-12H2,1-4H3. The third-order valence-corrected chi connectivity index (χ3v) is 3.66. The van der Waals surface area contributed by atoms with Crippen LogP contribution in [0.3, 0.4) is 0 Å². The summed E-state index contributed by atoms with van der Waals surface area (Å²) in [7, 11) is 1.73. The maximum absolute atomic E-state index is 5.44. The Morgan fingerprint density at radius 1 is 1.00 bits per heavy atom. The van der Waals surface area contributed by atoms with Crippen LogP contribution in [0.2, 0.25) is 0 Å². The molecule has 0 aliphatic carbocycles. The molecule has 1 atom stereocenters. The van der Waals surface area contributed by atoms with Gasteiger partial charge in [0, 0.05) is 18.0 Å². The van der Waals surface area contributed by atoms with Crippen LogP contribution in [0.4, 0.5) is 0 Å². The van der Waals surface area contributed by atoms with Crippen LogP contribution in [0, 0.1) is 5.92 Å². The third kappa shape index (κ3) is 3.51. The summed E-state index contributed by atoms with van der Waals surface area (Å²) < 4.78 is 5.44. The van der Waals surface area contributed by atoms with Crippen molar-refractivity contribution in [2.75, 3.05) is 7.11 Å². The SMILES string of the molecule is COc1ccc(CNC(C)CC(C)C)c2ccccc12. The van der Waals surface area contributed by atoms with Gasteiger partial charge in [0.25, 0.3) is 0 Å². The maximum atomic E-state index is 5.44. The zero-order chi connectivity index (χ0) is 14.5. The molecule has 0 bridgehead atoms. The van der Waals surface area contributed by atoms with E-state index in [1.807, 2.05) is 0 Å². The summed E-state index contributed by atoms with van der Waals surface area (Å²) in [5, 5.41) is 6.08. The number of fused-ring (bicyclic) bond motifs is 1. The fraction of sp³-hybridized carbons (Fsp3) is 0.444. The van der Waals surface area contributed by atoms with Crippen molar-refractivity contribution in [1.29, 1.82) is 0 Å². The zero-order valence-electron chi connectivity index (χ0n) is 12.9. The second-order valence-corrected chi connectivity index (χ2v) is 5.88. The van der Waals surface area contributed by atoms with Gasteiger partial charge in [0.2, 0.25) is 0 Å². The summed E-state index contributed by atoms with van der Waals surface area (Å²) in [6.45, 7) is 7.69. The summed E-state index contributed by atoms with van der Waals surface area (Å²) in [5.41, 5.74) is 1.33. The first-order valence-corrected chi connectivity index (χ1v) is 7.39. The fourth-order valence-corrected chi connectivity index (χ4v) is 2.74. The number of nitrogens with one attached hydrogen (secondary N) is 1. The molecule has 1 N–H and O–H groups in total. The summed E-state index contributed by atoms with van der Waals surface area (Å²) in [6, 6.07) is 13.2. The molecule has 0 spiro atoms. The summed E-state index contributed by atoms with van der Waals surface area (Å²) >= 11 is 0. The summed E-state index contributed by atoms with van der Waals surface area (Å²) in [6.07, 6.45) is 1.20. The topological polar surface area (TPSA) is 21.3 Å². The van der Waals surface area contributed by atoms with Crippen LogP contribution in [0.15, 0.2) is 36.4 Å². The fourth-order valence-electron chi connectivity index (χ4n) is 2.74. The minimum Gasteiger partial charge on any atom is -0.496 e. The molecule has 0 aliphatic rings. The molecule has 2 rings (SSSR count). The van der Waals surface area contributed by atoms with E-state index in [0.717, 1.165) is 18.2 Å². The van der Waals surface area contributed by atoms with E-state index in [-0.39, 0.29) is 0 Å². The van der Waals surface area contributed by atoms with Crippen molar-refractivity contribution >= 4 is 10.8 Å². The summed E-state index contributed by atoms with van der Waals surface area (Å²) in [4.78, 5) is 0. The van der Waals surface area contributed by atoms with E-state index < -0.39 is 0 Å². The molecule has 0 amide bonds. The third-order valence-electron chi connectivity index (χ3n) is 3.66. The Bertz CT molecular complexity index is 562. The van der Waals surface area contributed by atoms with E-state index in [2.05, 4.69) is 62.5 Å². The molecular weight excluding hydrogens is 246 g/mol. The molecule has 0 saturated heterocycles. The average molecular weight is 271 g/mol. The van der Waals surface area contributed by atoms with E-state index in [1.165, 1.54) is 22.8 Å². The van der Waals surface area contributed by atoms with Crippen molar-refractivity contribution in [3.8, 4) is 5.75 Å². The molecule has 2 nitrogen and oxygen atoms in total. The highest BCUT2D eigenvalue weighted by atomic mass is 16.5. The summed E-state index contributed by atoms with van der Waals surface area (Å²) in [5.74, 6) is 1.67. The molecule has 0 saturated carbocycles. The Balaban J connectivity index is 2.19. The molecule has 0 radical (unpaired) electrons. The normalized spacial score (nSPS) is 12.8. The molecule has 2 aromatic rings. The molecular formula is C18H25NO. The van der Waals surface area contributed by atoms with Gasteiger partial charge in [0.15, 0.2) is 0 Å². The van der Waals surface area contributed by atoms with Crippen LogP contribution in [0.1, 0.15) is 32.8 Å². The van der Waals surface area contributed by atoms with Gasteiger partial charge in [-0.3, -0.25) is 0 Å². The number of benzene rings is 2. The van der Waals surface area contributed by atoms with Gasteiger partial charge in [-0.05, 0) is 36.3 Å². The molecule has 108 valence electrons. The van der Waals surface area contributed by atoms with Gasteiger partial charge in [-0.15, -0.1) is 0 Å². The maximum Gasteiger partial charge on any atom is 0.126 e. The van der Waals surface area contributed by atoms with Crippen molar-refractivity contribution in [3.05, 3.63) is 42.0 Å². The van der Waals surface area contributed by atoms with Crippen LogP contribution >= 0.6 is 0 Å². The van der Waals surface area contributed by atoms with E-state index in [9.17, 15) is 0 Å². The van der Waals surface area contributed by atoms with Gasteiger partial charge in [-0.25, -0.2) is 0 Å². The molecule has 0 heterocycles. The lowest BCUT2D eigenvalue weighted by atomic mass is 10.0. The monoisotopic (exact) mass is 271 g/mol. The van der Waals surface area contributed by atoms with Gasteiger partial charge < -0.3 is 10.1 Å². The van der Waals surface area contributed by atoms with E-state index >= 15 is 0 Å². The minimum absolute atomic E-state index is 0.538. The molecule has 0 fully saturated rings. The first kappa shape index (κ1) is 14.9. The Hall–Kier alpha value is -1.54. The second-order valence-electron chi connectivity index (χ2n) is 5.88.